The number of halogens is 1. The zero-order valence-corrected chi connectivity index (χ0v) is 14.1. The molecule has 2 N–H and O–H groups in total. The minimum atomic E-state index is -0.964. The van der Waals surface area contributed by atoms with Gasteiger partial charge in [-0.2, -0.15) is 0 Å². The van der Waals surface area contributed by atoms with Crippen LogP contribution in [-0.4, -0.2) is 23.0 Å². The Bertz CT molecular complexity index is 459. The fraction of sp³-hybridized carbons (Fsp3) is 0.571. The second kappa shape index (κ2) is 8.42. The van der Waals surface area contributed by atoms with Crippen molar-refractivity contribution in [1.82, 2.24) is 5.32 Å². The van der Waals surface area contributed by atoms with Crippen LogP contribution < -0.4 is 5.32 Å². The zero-order valence-electron chi connectivity index (χ0n) is 11.7. The van der Waals surface area contributed by atoms with Gasteiger partial charge in [0.1, 0.15) is 6.04 Å². The highest BCUT2D eigenvalue weighted by molar-refractivity contribution is 9.11. The van der Waals surface area contributed by atoms with Gasteiger partial charge in [0.2, 0.25) is 5.91 Å². The van der Waals surface area contributed by atoms with Gasteiger partial charge in [-0.25, -0.2) is 4.79 Å². The van der Waals surface area contributed by atoms with Crippen molar-refractivity contribution in [1.29, 1.82) is 0 Å². The number of thiophene rings is 1. The van der Waals surface area contributed by atoms with E-state index in [1.807, 2.05) is 26.0 Å². The Kier molecular flexibility index (Phi) is 7.23. The van der Waals surface area contributed by atoms with Gasteiger partial charge < -0.3 is 10.4 Å². The fourth-order valence-electron chi connectivity index (χ4n) is 1.87. The molecule has 4 nitrogen and oxygen atoms in total. The van der Waals surface area contributed by atoms with E-state index in [2.05, 4.69) is 21.2 Å². The first kappa shape index (κ1) is 17.2. The number of carbonyl (C=O) groups excluding carboxylic acids is 1. The largest absolute Gasteiger partial charge is 0.480 e. The van der Waals surface area contributed by atoms with Gasteiger partial charge in [-0.3, -0.25) is 4.79 Å². The second-order valence-corrected chi connectivity index (χ2v) is 7.69. The van der Waals surface area contributed by atoms with E-state index in [1.165, 1.54) is 4.88 Å². The molecule has 1 aromatic rings. The summed E-state index contributed by atoms with van der Waals surface area (Å²) >= 11 is 5.06. The molecule has 1 amide bonds. The van der Waals surface area contributed by atoms with Crippen LogP contribution in [0.4, 0.5) is 0 Å². The van der Waals surface area contributed by atoms with E-state index in [1.54, 1.807) is 11.3 Å². The summed E-state index contributed by atoms with van der Waals surface area (Å²) in [6.07, 6.45) is 2.38. The first-order chi connectivity index (χ1) is 9.38. The minimum Gasteiger partial charge on any atom is -0.480 e. The van der Waals surface area contributed by atoms with Gasteiger partial charge in [0.25, 0.3) is 0 Å². The van der Waals surface area contributed by atoms with E-state index in [9.17, 15) is 9.59 Å². The second-order valence-electron chi connectivity index (χ2n) is 5.15. The molecule has 0 aliphatic rings. The molecule has 0 saturated carbocycles. The molecule has 0 aliphatic carbocycles. The molecule has 0 bridgehead atoms. The number of amides is 1. The number of aliphatic carboxylic acids is 1. The Morgan fingerprint density at radius 2 is 2.10 bits per heavy atom. The Labute approximate surface area is 131 Å². The highest BCUT2D eigenvalue weighted by Gasteiger charge is 2.20. The van der Waals surface area contributed by atoms with E-state index in [-0.39, 0.29) is 11.8 Å². The summed E-state index contributed by atoms with van der Waals surface area (Å²) in [5, 5.41) is 11.7. The maximum atomic E-state index is 11.8. The predicted octanol–water partition coefficient (Wildman–Crippen LogP) is 3.45. The van der Waals surface area contributed by atoms with Gasteiger partial charge in [0.15, 0.2) is 0 Å². The van der Waals surface area contributed by atoms with E-state index in [0.717, 1.165) is 16.6 Å². The third-order valence-electron chi connectivity index (χ3n) is 2.80. The average Bonchev–Trinajstić information content (AvgIpc) is 2.73. The molecule has 112 valence electrons. The summed E-state index contributed by atoms with van der Waals surface area (Å²) in [7, 11) is 0. The zero-order chi connectivity index (χ0) is 15.1. The van der Waals surface area contributed by atoms with Gasteiger partial charge in [-0.05, 0) is 53.2 Å². The van der Waals surface area contributed by atoms with Crippen molar-refractivity contribution in [2.75, 3.05) is 0 Å². The monoisotopic (exact) mass is 361 g/mol. The third-order valence-corrected chi connectivity index (χ3v) is 4.48. The molecular weight excluding hydrogens is 342 g/mol. The minimum absolute atomic E-state index is 0.186. The maximum Gasteiger partial charge on any atom is 0.326 e. The summed E-state index contributed by atoms with van der Waals surface area (Å²) in [5.41, 5.74) is 0. The predicted molar refractivity (Wildman–Crippen MR) is 84.0 cm³/mol. The number of carboxylic acids is 1. The molecule has 20 heavy (non-hydrogen) atoms. The van der Waals surface area contributed by atoms with Crippen LogP contribution in [0.3, 0.4) is 0 Å². The number of carbonyl (C=O) groups is 2. The average molecular weight is 362 g/mol. The van der Waals surface area contributed by atoms with Crippen LogP contribution in [0.15, 0.2) is 15.9 Å². The highest BCUT2D eigenvalue weighted by atomic mass is 79.9. The molecular formula is C14H20BrNO3S. The molecule has 0 fully saturated rings. The van der Waals surface area contributed by atoms with E-state index in [4.69, 9.17) is 5.11 Å². The number of carboxylic acid groups (broad SMARTS) is 1. The number of hydrogen-bond acceptors (Lipinski definition) is 3. The lowest BCUT2D eigenvalue weighted by Crippen LogP contribution is -2.41. The van der Waals surface area contributed by atoms with Gasteiger partial charge in [0.05, 0.1) is 3.79 Å². The van der Waals surface area contributed by atoms with Crippen LogP contribution in [0, 0.1) is 5.92 Å². The number of rotatable bonds is 8. The molecule has 0 spiro atoms. The number of hydrogen-bond donors (Lipinski definition) is 2. The van der Waals surface area contributed by atoms with Crippen molar-refractivity contribution in [2.45, 2.75) is 45.6 Å². The third kappa shape index (κ3) is 6.52. The van der Waals surface area contributed by atoms with E-state index in [0.29, 0.717) is 12.8 Å². The highest BCUT2D eigenvalue weighted by Crippen LogP contribution is 2.23. The molecule has 1 aromatic heterocycles. The molecule has 0 unspecified atom stereocenters. The fourth-order valence-corrected chi connectivity index (χ4v) is 3.39. The van der Waals surface area contributed by atoms with Crippen LogP contribution >= 0.6 is 27.3 Å². The molecule has 0 radical (unpaired) electrons. The lowest BCUT2D eigenvalue weighted by molar-refractivity contribution is -0.142. The van der Waals surface area contributed by atoms with Crippen LogP contribution in [0.2, 0.25) is 0 Å². The van der Waals surface area contributed by atoms with Crippen LogP contribution in [0.5, 0.6) is 0 Å². The van der Waals surface area contributed by atoms with Gasteiger partial charge >= 0.3 is 5.97 Å². The quantitative estimate of drug-likeness (QED) is 0.744. The summed E-state index contributed by atoms with van der Waals surface area (Å²) in [5.74, 6) is -0.914. The number of aryl methyl sites for hydroxylation is 1. The van der Waals surface area contributed by atoms with Crippen molar-refractivity contribution in [3.8, 4) is 0 Å². The van der Waals surface area contributed by atoms with Crippen LogP contribution in [0.1, 0.15) is 38.0 Å². The van der Waals surface area contributed by atoms with E-state index < -0.39 is 12.0 Å². The molecule has 0 saturated heterocycles. The topological polar surface area (TPSA) is 66.4 Å². The molecule has 6 heteroatoms. The molecule has 0 aromatic carbocycles. The Balaban J connectivity index is 2.32. The van der Waals surface area contributed by atoms with Crippen molar-refractivity contribution in [3.63, 3.8) is 0 Å². The Morgan fingerprint density at radius 1 is 1.40 bits per heavy atom. The molecule has 1 rings (SSSR count). The van der Waals surface area contributed by atoms with Crippen molar-refractivity contribution < 1.29 is 14.7 Å². The lowest BCUT2D eigenvalue weighted by atomic mass is 10.0. The van der Waals surface area contributed by atoms with Crippen molar-refractivity contribution in [2.24, 2.45) is 5.92 Å². The van der Waals surface area contributed by atoms with Gasteiger partial charge in [-0.1, -0.05) is 13.8 Å². The van der Waals surface area contributed by atoms with Crippen LogP contribution in [-0.2, 0) is 16.0 Å². The SMILES string of the molecule is CC(C)C[C@@H](NC(=O)CCCc1ccc(Br)s1)C(=O)O. The first-order valence-electron chi connectivity index (χ1n) is 6.65. The Hall–Kier alpha value is -0.880. The summed E-state index contributed by atoms with van der Waals surface area (Å²) in [6, 6.07) is 3.24. The molecule has 1 atom stereocenters. The van der Waals surface area contributed by atoms with Gasteiger partial charge in [0, 0.05) is 11.3 Å². The summed E-state index contributed by atoms with van der Waals surface area (Å²) < 4.78 is 1.08. The van der Waals surface area contributed by atoms with Crippen LogP contribution in [0.25, 0.3) is 0 Å². The van der Waals surface area contributed by atoms with E-state index >= 15 is 0 Å². The van der Waals surface area contributed by atoms with Crippen molar-refractivity contribution in [3.05, 3.63) is 20.8 Å². The maximum absolute atomic E-state index is 11.8. The molecule has 0 aliphatic heterocycles. The standard InChI is InChI=1S/C14H20BrNO3S/c1-9(2)8-11(14(18)19)16-13(17)5-3-4-10-6-7-12(15)20-10/h6-7,9,11H,3-5,8H2,1-2H3,(H,16,17)(H,18,19)/t11-/m1/s1. The summed E-state index contributed by atoms with van der Waals surface area (Å²) in [4.78, 5) is 24.0. The lowest BCUT2D eigenvalue weighted by Gasteiger charge is -2.16. The first-order valence-corrected chi connectivity index (χ1v) is 8.25. The normalized spacial score (nSPS) is 12.4. The van der Waals surface area contributed by atoms with Gasteiger partial charge in [-0.15, -0.1) is 11.3 Å². The molecule has 1 heterocycles. The Morgan fingerprint density at radius 3 is 2.60 bits per heavy atom. The smallest absolute Gasteiger partial charge is 0.326 e. The van der Waals surface area contributed by atoms with Crippen molar-refractivity contribution >= 4 is 39.1 Å². The number of nitrogens with one attached hydrogen (secondary N) is 1. The summed E-state index contributed by atoms with van der Waals surface area (Å²) in [6.45, 7) is 3.88.